The fraction of sp³-hybridized carbons (Fsp3) is 0.571. The third kappa shape index (κ3) is 4.92. The van der Waals surface area contributed by atoms with Gasteiger partial charge in [-0.1, -0.05) is 17.7 Å². The summed E-state index contributed by atoms with van der Waals surface area (Å²) in [6.45, 7) is 4.12. The number of nitrogens with one attached hydrogen (secondary N) is 1. The molecule has 1 fully saturated rings. The summed E-state index contributed by atoms with van der Waals surface area (Å²) < 4.78 is 13.0. The van der Waals surface area contributed by atoms with Gasteiger partial charge in [-0.25, -0.2) is 4.39 Å². The molecule has 0 aromatic heterocycles. The molecule has 1 aliphatic heterocycles. The SMILES string of the molecule is CNCC1CCN(Cc2ccc(F)cc2Cl)CC1.Cl. The number of hydrogen-bond donors (Lipinski definition) is 1. The van der Waals surface area contributed by atoms with Gasteiger partial charge in [-0.2, -0.15) is 0 Å². The second kappa shape index (κ2) is 8.05. The predicted octanol–water partition coefficient (Wildman–Crippen LogP) is 3.33. The Morgan fingerprint density at radius 1 is 1.37 bits per heavy atom. The third-order valence-electron chi connectivity index (χ3n) is 3.61. The van der Waals surface area contributed by atoms with Gasteiger partial charge in [0, 0.05) is 11.6 Å². The Balaban J connectivity index is 0.00000180. The minimum atomic E-state index is -0.267. The molecule has 1 aromatic carbocycles. The molecule has 1 aliphatic rings. The van der Waals surface area contributed by atoms with Crippen molar-refractivity contribution in [3.05, 3.63) is 34.6 Å². The number of nitrogens with zero attached hydrogens (tertiary/aromatic N) is 1. The van der Waals surface area contributed by atoms with Crippen molar-refractivity contribution in [1.29, 1.82) is 0 Å². The average molecular weight is 307 g/mol. The Hall–Kier alpha value is -0.350. The molecule has 5 heteroatoms. The summed E-state index contributed by atoms with van der Waals surface area (Å²) in [7, 11) is 2.00. The summed E-state index contributed by atoms with van der Waals surface area (Å²) in [6.07, 6.45) is 2.44. The first-order chi connectivity index (χ1) is 8.69. The van der Waals surface area contributed by atoms with E-state index in [9.17, 15) is 4.39 Å². The van der Waals surface area contributed by atoms with Crippen LogP contribution in [0, 0.1) is 11.7 Å². The van der Waals surface area contributed by atoms with Crippen LogP contribution >= 0.6 is 24.0 Å². The van der Waals surface area contributed by atoms with Crippen LogP contribution in [-0.2, 0) is 6.54 Å². The highest BCUT2D eigenvalue weighted by molar-refractivity contribution is 6.31. The molecular formula is C14H21Cl2FN2. The molecule has 0 spiro atoms. The standard InChI is InChI=1S/C14H20ClFN2.ClH/c1-17-9-11-4-6-18(7-5-11)10-12-2-3-13(16)8-14(12)15;/h2-3,8,11,17H,4-7,9-10H2,1H3;1H. The summed E-state index contributed by atoms with van der Waals surface area (Å²) in [5.41, 5.74) is 1.02. The maximum absolute atomic E-state index is 13.0. The van der Waals surface area contributed by atoms with Gasteiger partial charge in [0.05, 0.1) is 0 Å². The molecule has 0 amide bonds. The van der Waals surface area contributed by atoms with Gasteiger partial charge < -0.3 is 5.32 Å². The van der Waals surface area contributed by atoms with Crippen LogP contribution in [0.3, 0.4) is 0 Å². The van der Waals surface area contributed by atoms with Gasteiger partial charge in [-0.3, -0.25) is 4.90 Å². The van der Waals surface area contributed by atoms with E-state index in [1.807, 2.05) is 7.05 Å². The number of halogens is 3. The average Bonchev–Trinajstić information content (AvgIpc) is 2.35. The number of rotatable bonds is 4. The van der Waals surface area contributed by atoms with Gasteiger partial charge in [-0.05, 0) is 63.1 Å². The van der Waals surface area contributed by atoms with Crippen molar-refractivity contribution in [2.24, 2.45) is 5.92 Å². The Labute approximate surface area is 125 Å². The molecule has 0 aliphatic carbocycles. The number of hydrogen-bond acceptors (Lipinski definition) is 2. The molecule has 1 saturated heterocycles. The van der Waals surface area contributed by atoms with Gasteiger partial charge in [-0.15, -0.1) is 12.4 Å². The van der Waals surface area contributed by atoms with Gasteiger partial charge in [0.2, 0.25) is 0 Å². The highest BCUT2D eigenvalue weighted by atomic mass is 35.5. The predicted molar refractivity (Wildman–Crippen MR) is 80.6 cm³/mol. The van der Waals surface area contributed by atoms with Crippen LogP contribution in [0.25, 0.3) is 0 Å². The lowest BCUT2D eigenvalue weighted by molar-refractivity contribution is 0.177. The van der Waals surface area contributed by atoms with Crippen molar-refractivity contribution < 1.29 is 4.39 Å². The van der Waals surface area contributed by atoms with Crippen LogP contribution < -0.4 is 5.32 Å². The number of likely N-dealkylation sites (tertiary alicyclic amines) is 1. The molecule has 1 aromatic rings. The van der Waals surface area contributed by atoms with E-state index in [1.54, 1.807) is 6.07 Å². The van der Waals surface area contributed by atoms with E-state index >= 15 is 0 Å². The lowest BCUT2D eigenvalue weighted by atomic mass is 9.96. The van der Waals surface area contributed by atoms with E-state index in [-0.39, 0.29) is 18.2 Å². The first-order valence-corrected chi connectivity index (χ1v) is 6.87. The fourth-order valence-corrected chi connectivity index (χ4v) is 2.76. The fourth-order valence-electron chi connectivity index (χ4n) is 2.53. The van der Waals surface area contributed by atoms with E-state index < -0.39 is 0 Å². The zero-order valence-corrected chi connectivity index (χ0v) is 12.7. The molecule has 0 radical (unpaired) electrons. The summed E-state index contributed by atoms with van der Waals surface area (Å²) >= 11 is 6.05. The minimum absolute atomic E-state index is 0. The monoisotopic (exact) mass is 306 g/mol. The molecule has 0 atom stereocenters. The van der Waals surface area contributed by atoms with E-state index in [0.717, 1.165) is 37.7 Å². The van der Waals surface area contributed by atoms with Crippen molar-refractivity contribution in [1.82, 2.24) is 10.2 Å². The lowest BCUT2D eigenvalue weighted by Crippen LogP contribution is -2.36. The molecule has 0 bridgehead atoms. The van der Waals surface area contributed by atoms with Crippen molar-refractivity contribution in [2.45, 2.75) is 19.4 Å². The highest BCUT2D eigenvalue weighted by Gasteiger charge is 2.19. The van der Waals surface area contributed by atoms with Crippen LogP contribution in [0.4, 0.5) is 4.39 Å². The number of benzene rings is 1. The minimum Gasteiger partial charge on any atom is -0.319 e. The first-order valence-electron chi connectivity index (χ1n) is 6.50. The van der Waals surface area contributed by atoms with Crippen LogP contribution in [-0.4, -0.2) is 31.6 Å². The molecular weight excluding hydrogens is 286 g/mol. The van der Waals surface area contributed by atoms with Gasteiger partial charge in [0.25, 0.3) is 0 Å². The lowest BCUT2D eigenvalue weighted by Gasteiger charge is -2.32. The molecule has 2 nitrogen and oxygen atoms in total. The molecule has 19 heavy (non-hydrogen) atoms. The van der Waals surface area contributed by atoms with Gasteiger partial charge >= 0.3 is 0 Å². The van der Waals surface area contributed by atoms with E-state index in [2.05, 4.69) is 10.2 Å². The Bertz CT molecular complexity index is 393. The number of piperidine rings is 1. The third-order valence-corrected chi connectivity index (χ3v) is 3.96. The highest BCUT2D eigenvalue weighted by Crippen LogP contribution is 2.22. The van der Waals surface area contributed by atoms with Crippen molar-refractivity contribution in [2.75, 3.05) is 26.7 Å². The second-order valence-electron chi connectivity index (χ2n) is 5.01. The maximum atomic E-state index is 13.0. The molecule has 108 valence electrons. The smallest absolute Gasteiger partial charge is 0.124 e. The Morgan fingerprint density at radius 2 is 2.05 bits per heavy atom. The van der Waals surface area contributed by atoms with E-state index in [4.69, 9.17) is 11.6 Å². The Kier molecular flexibility index (Phi) is 7.08. The topological polar surface area (TPSA) is 15.3 Å². The van der Waals surface area contributed by atoms with E-state index in [0.29, 0.717) is 5.02 Å². The molecule has 1 N–H and O–H groups in total. The molecule has 0 saturated carbocycles. The van der Waals surface area contributed by atoms with Gasteiger partial charge in [0.15, 0.2) is 0 Å². The quantitative estimate of drug-likeness (QED) is 0.918. The zero-order valence-electron chi connectivity index (χ0n) is 11.2. The summed E-state index contributed by atoms with van der Waals surface area (Å²) in [5.74, 6) is 0.520. The zero-order chi connectivity index (χ0) is 13.0. The summed E-state index contributed by atoms with van der Waals surface area (Å²) in [6, 6.07) is 4.66. The largest absolute Gasteiger partial charge is 0.319 e. The van der Waals surface area contributed by atoms with Crippen LogP contribution in [0.15, 0.2) is 18.2 Å². The second-order valence-corrected chi connectivity index (χ2v) is 5.42. The normalized spacial score (nSPS) is 17.2. The van der Waals surface area contributed by atoms with Crippen LogP contribution in [0.2, 0.25) is 5.02 Å². The van der Waals surface area contributed by atoms with E-state index in [1.165, 1.54) is 25.0 Å². The summed E-state index contributed by atoms with van der Waals surface area (Å²) in [4.78, 5) is 2.39. The van der Waals surface area contributed by atoms with Crippen molar-refractivity contribution in [3.8, 4) is 0 Å². The van der Waals surface area contributed by atoms with Gasteiger partial charge in [0.1, 0.15) is 5.82 Å². The molecule has 0 unspecified atom stereocenters. The Morgan fingerprint density at radius 3 is 2.63 bits per heavy atom. The summed E-state index contributed by atoms with van der Waals surface area (Å²) in [5, 5.41) is 3.77. The van der Waals surface area contributed by atoms with Crippen LogP contribution in [0.5, 0.6) is 0 Å². The molecule has 2 rings (SSSR count). The molecule has 1 heterocycles. The first kappa shape index (κ1) is 16.7. The maximum Gasteiger partial charge on any atom is 0.124 e. The van der Waals surface area contributed by atoms with Crippen molar-refractivity contribution in [3.63, 3.8) is 0 Å². The van der Waals surface area contributed by atoms with Crippen molar-refractivity contribution >= 4 is 24.0 Å². The van der Waals surface area contributed by atoms with Crippen LogP contribution in [0.1, 0.15) is 18.4 Å².